The van der Waals surface area contributed by atoms with Gasteiger partial charge in [0.1, 0.15) is 17.6 Å². The number of benzene rings is 2. The van der Waals surface area contributed by atoms with Crippen LogP contribution in [-0.4, -0.2) is 71.9 Å². The summed E-state index contributed by atoms with van der Waals surface area (Å²) >= 11 is 0. The number of hydrogen-bond acceptors (Lipinski definition) is 6. The molecule has 2 aliphatic heterocycles. The fourth-order valence-electron chi connectivity index (χ4n) is 6.86. The number of carbonyl (C=O) groups is 2. The van der Waals surface area contributed by atoms with Crippen LogP contribution in [0.2, 0.25) is 0 Å². The van der Waals surface area contributed by atoms with Crippen molar-refractivity contribution < 1.29 is 23.1 Å². The molecule has 240 valence electrons. The number of hydrogen-bond donors (Lipinski definition) is 0. The van der Waals surface area contributed by atoms with Crippen molar-refractivity contribution in [3.8, 4) is 11.8 Å². The van der Waals surface area contributed by atoms with Crippen LogP contribution in [0.5, 0.6) is 5.75 Å². The molecule has 0 atom stereocenters. The van der Waals surface area contributed by atoms with Crippen molar-refractivity contribution in [3.63, 3.8) is 0 Å². The van der Waals surface area contributed by atoms with E-state index in [9.17, 15) is 23.6 Å². The maximum absolute atomic E-state index is 14.2. The van der Waals surface area contributed by atoms with E-state index in [0.29, 0.717) is 75.6 Å². The molecule has 2 fully saturated rings. The summed E-state index contributed by atoms with van der Waals surface area (Å²) in [6.45, 7) is 3.49. The van der Waals surface area contributed by atoms with Crippen LogP contribution in [0.4, 0.5) is 14.6 Å². The molecular weight excluding hydrogens is 588 g/mol. The van der Waals surface area contributed by atoms with Gasteiger partial charge in [-0.25, -0.2) is 13.8 Å². The van der Waals surface area contributed by atoms with Gasteiger partial charge in [0.2, 0.25) is 11.8 Å². The van der Waals surface area contributed by atoms with Crippen LogP contribution in [0.1, 0.15) is 60.0 Å². The predicted molar refractivity (Wildman–Crippen MR) is 169 cm³/mol. The highest BCUT2D eigenvalue weighted by Gasteiger charge is 2.50. The van der Waals surface area contributed by atoms with Gasteiger partial charge in [-0.1, -0.05) is 42.5 Å². The average Bonchev–Trinajstić information content (AvgIpc) is 3.08. The first-order valence-electron chi connectivity index (χ1n) is 16.1. The van der Waals surface area contributed by atoms with Gasteiger partial charge in [-0.15, -0.1) is 0 Å². The number of nitrogens with zero attached hydrogens (tertiary/aromatic N) is 5. The SMILES string of the molecule is N#Cc1ccc(N2CCCC3(CCN(C(=O)C4CC(F)(F)C4)CC3)COc3ccccc3C(=O)N(Cc3ccccc3)CC2)nc1. The summed E-state index contributed by atoms with van der Waals surface area (Å²) in [5, 5.41) is 9.31. The first-order valence-corrected chi connectivity index (χ1v) is 16.1. The average molecular weight is 628 g/mol. The molecule has 3 aliphatic rings. The van der Waals surface area contributed by atoms with Crippen molar-refractivity contribution >= 4 is 17.6 Å². The molecule has 3 aromatic rings. The lowest BCUT2D eigenvalue weighted by molar-refractivity contribution is -0.162. The Balaban J connectivity index is 1.26. The molecule has 1 saturated carbocycles. The van der Waals surface area contributed by atoms with Crippen LogP contribution in [0.3, 0.4) is 0 Å². The van der Waals surface area contributed by atoms with Gasteiger partial charge in [-0.2, -0.15) is 5.26 Å². The number of carbonyl (C=O) groups excluding carboxylic acids is 2. The number of ether oxygens (including phenoxy) is 1. The number of anilines is 1. The zero-order valence-corrected chi connectivity index (χ0v) is 25.9. The number of alkyl halides is 2. The molecule has 0 unspecified atom stereocenters. The Labute approximate surface area is 268 Å². The number of aromatic nitrogens is 1. The Kier molecular flexibility index (Phi) is 9.20. The lowest BCUT2D eigenvalue weighted by Gasteiger charge is -2.44. The lowest BCUT2D eigenvalue weighted by atomic mass is 9.74. The minimum Gasteiger partial charge on any atom is -0.492 e. The molecule has 2 aromatic carbocycles. The Bertz CT molecular complexity index is 1560. The Hall–Kier alpha value is -4.52. The Morgan fingerprint density at radius 2 is 1.67 bits per heavy atom. The standard InChI is InChI=1S/C36H39F2N5O3/c37-36(38)21-29(22-36)33(44)42-17-14-35(15-18-42)13-6-16-41(32-12-11-28(23-39)24-40-32)19-20-43(25-27-7-2-1-3-8-27)34(45)30-9-4-5-10-31(30)46-26-35/h1-5,7-12,24,29H,6,13-22,25-26H2. The van der Waals surface area contributed by atoms with Gasteiger partial charge < -0.3 is 19.4 Å². The minimum atomic E-state index is -2.73. The van der Waals surface area contributed by atoms with Crippen LogP contribution >= 0.6 is 0 Å². The van der Waals surface area contributed by atoms with Gasteiger partial charge in [0.25, 0.3) is 5.91 Å². The Morgan fingerprint density at radius 1 is 0.935 bits per heavy atom. The van der Waals surface area contributed by atoms with E-state index < -0.39 is 11.8 Å². The zero-order chi connectivity index (χ0) is 32.1. The number of pyridine rings is 1. The van der Waals surface area contributed by atoms with Crippen molar-refractivity contribution in [1.82, 2.24) is 14.8 Å². The molecule has 1 spiro atoms. The van der Waals surface area contributed by atoms with Gasteiger partial charge in [0.05, 0.1) is 17.7 Å². The number of likely N-dealkylation sites (tertiary alicyclic amines) is 1. The molecule has 2 amide bonds. The molecule has 10 heteroatoms. The van der Waals surface area contributed by atoms with Crippen LogP contribution in [-0.2, 0) is 11.3 Å². The van der Waals surface area contributed by atoms with E-state index in [1.807, 2.05) is 59.5 Å². The van der Waals surface area contributed by atoms with Gasteiger partial charge in [-0.05, 0) is 55.5 Å². The Morgan fingerprint density at radius 3 is 2.37 bits per heavy atom. The predicted octanol–water partition coefficient (Wildman–Crippen LogP) is 5.93. The number of fused-ring (bicyclic) bond motifs is 1. The molecule has 3 heterocycles. The molecule has 6 rings (SSSR count). The molecule has 1 aliphatic carbocycles. The number of rotatable bonds is 4. The molecule has 0 radical (unpaired) electrons. The third kappa shape index (κ3) is 7.14. The van der Waals surface area contributed by atoms with E-state index in [1.165, 1.54) is 0 Å². The van der Waals surface area contributed by atoms with Crippen molar-refractivity contribution in [1.29, 1.82) is 5.26 Å². The number of piperidine rings is 1. The molecular formula is C36H39F2N5O3. The minimum absolute atomic E-state index is 0.127. The third-order valence-corrected chi connectivity index (χ3v) is 9.71. The molecule has 1 saturated heterocycles. The van der Waals surface area contributed by atoms with Crippen molar-refractivity contribution in [2.24, 2.45) is 11.3 Å². The van der Waals surface area contributed by atoms with Crippen molar-refractivity contribution in [3.05, 3.63) is 89.6 Å². The maximum atomic E-state index is 14.2. The summed E-state index contributed by atoms with van der Waals surface area (Å²) in [6, 6.07) is 23.0. The molecule has 8 nitrogen and oxygen atoms in total. The van der Waals surface area contributed by atoms with Gasteiger partial charge in [-0.3, -0.25) is 9.59 Å². The van der Waals surface area contributed by atoms with Gasteiger partial charge in [0, 0.05) is 69.6 Å². The highest BCUT2D eigenvalue weighted by molar-refractivity contribution is 5.97. The second-order valence-corrected chi connectivity index (χ2v) is 12.9. The van der Waals surface area contributed by atoms with Gasteiger partial charge >= 0.3 is 0 Å². The number of halogens is 2. The lowest BCUT2D eigenvalue weighted by Crippen LogP contribution is -2.51. The van der Waals surface area contributed by atoms with Crippen molar-refractivity contribution in [2.45, 2.75) is 51.0 Å². The monoisotopic (exact) mass is 627 g/mol. The van der Waals surface area contributed by atoms with Crippen LogP contribution in [0.15, 0.2) is 72.9 Å². The molecule has 1 aromatic heterocycles. The number of amides is 2. The smallest absolute Gasteiger partial charge is 0.257 e. The molecule has 0 bridgehead atoms. The summed E-state index contributed by atoms with van der Waals surface area (Å²) in [7, 11) is 0. The van der Waals surface area contributed by atoms with Crippen LogP contribution < -0.4 is 9.64 Å². The largest absolute Gasteiger partial charge is 0.492 e. The normalized spacial score (nSPS) is 20.3. The maximum Gasteiger partial charge on any atom is 0.257 e. The summed E-state index contributed by atoms with van der Waals surface area (Å²) in [5.74, 6) is -2.34. The van der Waals surface area contributed by atoms with Gasteiger partial charge in [0.15, 0.2) is 0 Å². The summed E-state index contributed by atoms with van der Waals surface area (Å²) in [5.41, 5.74) is 1.75. The second-order valence-electron chi connectivity index (χ2n) is 12.9. The first-order chi connectivity index (χ1) is 22.2. The van der Waals surface area contributed by atoms with Crippen LogP contribution in [0, 0.1) is 22.7 Å². The van der Waals surface area contributed by atoms with E-state index in [0.717, 1.165) is 24.2 Å². The van der Waals surface area contributed by atoms with E-state index in [1.54, 1.807) is 23.2 Å². The van der Waals surface area contributed by atoms with Crippen LogP contribution in [0.25, 0.3) is 0 Å². The number of nitriles is 1. The molecule has 46 heavy (non-hydrogen) atoms. The number of para-hydroxylation sites is 1. The quantitative estimate of drug-likeness (QED) is 0.356. The summed E-state index contributed by atoms with van der Waals surface area (Å²) in [4.78, 5) is 37.5. The molecule has 0 N–H and O–H groups in total. The summed E-state index contributed by atoms with van der Waals surface area (Å²) < 4.78 is 33.5. The zero-order valence-electron chi connectivity index (χ0n) is 25.9. The van der Waals surface area contributed by atoms with Crippen molar-refractivity contribution in [2.75, 3.05) is 44.2 Å². The van der Waals surface area contributed by atoms with E-state index in [4.69, 9.17) is 4.74 Å². The first kappa shape index (κ1) is 31.5. The topological polar surface area (TPSA) is 89.8 Å². The van der Waals surface area contributed by atoms with E-state index in [-0.39, 0.29) is 30.1 Å². The highest BCUT2D eigenvalue weighted by Crippen LogP contribution is 2.45. The second kappa shape index (κ2) is 13.5. The van der Waals surface area contributed by atoms with E-state index in [2.05, 4.69) is 16.0 Å². The fraction of sp³-hybridized carbons (Fsp3) is 0.444. The third-order valence-electron chi connectivity index (χ3n) is 9.71. The summed E-state index contributed by atoms with van der Waals surface area (Å²) in [6.07, 6.45) is 3.87. The highest BCUT2D eigenvalue weighted by atomic mass is 19.3. The fourth-order valence-corrected chi connectivity index (χ4v) is 6.86. The van der Waals surface area contributed by atoms with E-state index >= 15 is 0 Å².